The van der Waals surface area contributed by atoms with Crippen LogP contribution in [0.3, 0.4) is 0 Å². The van der Waals surface area contributed by atoms with Crippen molar-refractivity contribution in [2.45, 2.75) is 31.8 Å². The number of rotatable bonds is 1. The van der Waals surface area contributed by atoms with Crippen LogP contribution in [0.4, 0.5) is 0 Å². The summed E-state index contributed by atoms with van der Waals surface area (Å²) in [5.74, 6) is 0. The van der Waals surface area contributed by atoms with E-state index in [1.807, 2.05) is 13.0 Å². The lowest BCUT2D eigenvalue weighted by Crippen LogP contribution is -2.50. The van der Waals surface area contributed by atoms with Crippen LogP contribution in [-0.2, 0) is 0 Å². The molecule has 2 atom stereocenters. The summed E-state index contributed by atoms with van der Waals surface area (Å²) in [6.45, 7) is 3.12. The molecule has 0 aromatic rings. The van der Waals surface area contributed by atoms with Gasteiger partial charge in [-0.05, 0) is 31.9 Å². The van der Waals surface area contributed by atoms with Crippen molar-refractivity contribution in [3.8, 4) is 0 Å². The first-order valence-electron chi connectivity index (χ1n) is 5.35. The first kappa shape index (κ1) is 9.69. The molecule has 2 unspecified atom stereocenters. The smallest absolute Gasteiger partial charge is 0.0489 e. The molecule has 1 aliphatic heterocycles. The Hall–Kier alpha value is -0.860. The van der Waals surface area contributed by atoms with Crippen molar-refractivity contribution >= 4 is 0 Å². The molecule has 0 aromatic heterocycles. The summed E-state index contributed by atoms with van der Waals surface area (Å²) in [7, 11) is 0. The molecule has 2 heteroatoms. The van der Waals surface area contributed by atoms with Crippen molar-refractivity contribution in [3.05, 3.63) is 35.5 Å². The van der Waals surface area contributed by atoms with E-state index in [2.05, 4.69) is 23.5 Å². The minimum absolute atomic E-state index is 0.131. The Balaban J connectivity index is 2.23. The summed E-state index contributed by atoms with van der Waals surface area (Å²) in [4.78, 5) is 0. The molecule has 2 aliphatic rings. The molecule has 0 spiro atoms. The molecule has 1 heterocycles. The van der Waals surface area contributed by atoms with E-state index in [1.54, 1.807) is 0 Å². The van der Waals surface area contributed by atoms with E-state index in [-0.39, 0.29) is 6.04 Å². The molecule has 1 aliphatic carbocycles. The summed E-state index contributed by atoms with van der Waals surface area (Å²) >= 11 is 0. The van der Waals surface area contributed by atoms with Crippen LogP contribution >= 0.6 is 0 Å². The first-order valence-corrected chi connectivity index (χ1v) is 5.35. The Morgan fingerprint density at radius 3 is 3.14 bits per heavy atom. The van der Waals surface area contributed by atoms with Gasteiger partial charge in [-0.1, -0.05) is 29.9 Å². The number of piperidine rings is 1. The fraction of sp³-hybridized carbons (Fsp3) is 0.500. The van der Waals surface area contributed by atoms with Crippen molar-refractivity contribution in [1.82, 2.24) is 5.32 Å². The zero-order chi connectivity index (χ0) is 9.97. The lowest BCUT2D eigenvalue weighted by Gasteiger charge is -2.34. The van der Waals surface area contributed by atoms with Crippen LogP contribution in [0, 0.1) is 0 Å². The van der Waals surface area contributed by atoms with Crippen LogP contribution in [0.1, 0.15) is 19.8 Å². The lowest BCUT2D eigenvalue weighted by molar-refractivity contribution is 0.449. The van der Waals surface area contributed by atoms with Crippen molar-refractivity contribution in [2.24, 2.45) is 5.73 Å². The maximum Gasteiger partial charge on any atom is 0.0489 e. The Morgan fingerprint density at radius 1 is 1.50 bits per heavy atom. The summed E-state index contributed by atoms with van der Waals surface area (Å²) in [5, 5.41) is 3.49. The SMILES string of the molecule is C/C=C\C1=CC=C2CCCNC2C1N. The van der Waals surface area contributed by atoms with Crippen molar-refractivity contribution in [2.75, 3.05) is 6.54 Å². The molecule has 0 bridgehead atoms. The number of hydrogen-bond donors (Lipinski definition) is 2. The molecular formula is C12H18N2. The Labute approximate surface area is 85.6 Å². The standard InChI is InChI=1S/C12H18N2/c1-2-4-9-6-7-10-5-3-8-14-12(10)11(9)13/h2,4,6-7,11-12,14H,3,5,8,13H2,1H3/b4-2-. The second kappa shape index (κ2) is 4.11. The summed E-state index contributed by atoms with van der Waals surface area (Å²) in [5.41, 5.74) is 8.90. The van der Waals surface area contributed by atoms with E-state index in [4.69, 9.17) is 5.73 Å². The number of allylic oxidation sites excluding steroid dienone is 3. The number of hydrogen-bond acceptors (Lipinski definition) is 2. The maximum absolute atomic E-state index is 6.20. The molecule has 0 aromatic carbocycles. The first-order chi connectivity index (χ1) is 6.83. The van der Waals surface area contributed by atoms with Crippen molar-refractivity contribution in [3.63, 3.8) is 0 Å². The molecule has 2 rings (SSSR count). The van der Waals surface area contributed by atoms with Gasteiger partial charge in [-0.15, -0.1) is 0 Å². The van der Waals surface area contributed by atoms with Gasteiger partial charge in [0, 0.05) is 12.1 Å². The molecule has 3 N–H and O–H groups in total. The molecule has 0 saturated carbocycles. The molecule has 0 radical (unpaired) electrons. The zero-order valence-electron chi connectivity index (χ0n) is 8.66. The molecule has 1 saturated heterocycles. The van der Waals surface area contributed by atoms with Gasteiger partial charge < -0.3 is 11.1 Å². The summed E-state index contributed by atoms with van der Waals surface area (Å²) in [6, 6.07) is 0.506. The molecule has 0 amide bonds. The van der Waals surface area contributed by atoms with E-state index in [1.165, 1.54) is 24.0 Å². The predicted molar refractivity (Wildman–Crippen MR) is 60.0 cm³/mol. The fourth-order valence-corrected chi connectivity index (χ4v) is 2.25. The molecular weight excluding hydrogens is 172 g/mol. The van der Waals surface area contributed by atoms with Gasteiger partial charge in [0.15, 0.2) is 0 Å². The van der Waals surface area contributed by atoms with Gasteiger partial charge in [0.25, 0.3) is 0 Å². The van der Waals surface area contributed by atoms with Gasteiger partial charge in [-0.2, -0.15) is 0 Å². The van der Waals surface area contributed by atoms with Crippen LogP contribution in [0.15, 0.2) is 35.5 Å². The van der Waals surface area contributed by atoms with Crippen LogP contribution in [0.5, 0.6) is 0 Å². The highest BCUT2D eigenvalue weighted by Gasteiger charge is 2.27. The molecule has 14 heavy (non-hydrogen) atoms. The highest BCUT2D eigenvalue weighted by atomic mass is 15.0. The Morgan fingerprint density at radius 2 is 2.36 bits per heavy atom. The second-order valence-electron chi connectivity index (χ2n) is 3.97. The van der Waals surface area contributed by atoms with E-state index in [9.17, 15) is 0 Å². The van der Waals surface area contributed by atoms with Crippen LogP contribution in [0.2, 0.25) is 0 Å². The Bertz CT molecular complexity index is 299. The second-order valence-corrected chi connectivity index (χ2v) is 3.97. The molecule has 1 fully saturated rings. The fourth-order valence-electron chi connectivity index (χ4n) is 2.25. The number of fused-ring (bicyclic) bond motifs is 1. The highest BCUT2D eigenvalue weighted by molar-refractivity contribution is 5.40. The number of nitrogens with one attached hydrogen (secondary N) is 1. The van der Waals surface area contributed by atoms with Gasteiger partial charge in [-0.3, -0.25) is 0 Å². The topological polar surface area (TPSA) is 38.0 Å². The van der Waals surface area contributed by atoms with Gasteiger partial charge in [0.1, 0.15) is 0 Å². The quantitative estimate of drug-likeness (QED) is 0.657. The summed E-state index contributed by atoms with van der Waals surface area (Å²) < 4.78 is 0. The largest absolute Gasteiger partial charge is 0.322 e. The zero-order valence-corrected chi connectivity index (χ0v) is 8.66. The Kier molecular flexibility index (Phi) is 2.85. The van der Waals surface area contributed by atoms with Gasteiger partial charge >= 0.3 is 0 Å². The van der Waals surface area contributed by atoms with Crippen LogP contribution in [-0.4, -0.2) is 18.6 Å². The van der Waals surface area contributed by atoms with Gasteiger partial charge in [-0.25, -0.2) is 0 Å². The summed E-state index contributed by atoms with van der Waals surface area (Å²) in [6.07, 6.45) is 11.0. The van der Waals surface area contributed by atoms with Crippen molar-refractivity contribution in [1.29, 1.82) is 0 Å². The van der Waals surface area contributed by atoms with Gasteiger partial charge in [0.2, 0.25) is 0 Å². The third-order valence-corrected chi connectivity index (χ3v) is 3.00. The minimum Gasteiger partial charge on any atom is -0.322 e. The molecule has 76 valence electrons. The van der Waals surface area contributed by atoms with Crippen LogP contribution in [0.25, 0.3) is 0 Å². The maximum atomic E-state index is 6.20. The van der Waals surface area contributed by atoms with Crippen LogP contribution < -0.4 is 11.1 Å². The average molecular weight is 190 g/mol. The number of nitrogens with two attached hydrogens (primary N) is 1. The average Bonchev–Trinajstić information content (AvgIpc) is 2.23. The molecule has 2 nitrogen and oxygen atoms in total. The van der Waals surface area contributed by atoms with Gasteiger partial charge in [0.05, 0.1) is 0 Å². The minimum atomic E-state index is 0.131. The van der Waals surface area contributed by atoms with Crippen molar-refractivity contribution < 1.29 is 0 Å². The van der Waals surface area contributed by atoms with E-state index in [0.29, 0.717) is 6.04 Å². The highest BCUT2D eigenvalue weighted by Crippen LogP contribution is 2.25. The van der Waals surface area contributed by atoms with E-state index < -0.39 is 0 Å². The normalized spacial score (nSPS) is 32.4. The lowest BCUT2D eigenvalue weighted by atomic mass is 9.84. The van der Waals surface area contributed by atoms with E-state index >= 15 is 0 Å². The monoisotopic (exact) mass is 190 g/mol. The third-order valence-electron chi connectivity index (χ3n) is 3.00. The predicted octanol–water partition coefficient (Wildman–Crippen LogP) is 1.51. The van der Waals surface area contributed by atoms with E-state index in [0.717, 1.165) is 6.54 Å². The third kappa shape index (κ3) is 1.68.